The summed E-state index contributed by atoms with van der Waals surface area (Å²) in [5.41, 5.74) is 6.37. The summed E-state index contributed by atoms with van der Waals surface area (Å²) in [6, 6.07) is 10.8. The number of halogens is 4. The zero-order valence-electron chi connectivity index (χ0n) is 16.8. The van der Waals surface area contributed by atoms with Crippen molar-refractivity contribution >= 4 is 5.69 Å². The molecule has 2 N–H and O–H groups in total. The highest BCUT2D eigenvalue weighted by molar-refractivity contribution is 5.69. The first-order valence-corrected chi connectivity index (χ1v) is 9.56. The van der Waals surface area contributed by atoms with Crippen LogP contribution in [0.1, 0.15) is 25.2 Å². The fourth-order valence-corrected chi connectivity index (χ4v) is 2.81. The zero-order chi connectivity index (χ0) is 22.1. The van der Waals surface area contributed by atoms with E-state index >= 15 is 0 Å². The average Bonchev–Trinajstić information content (AvgIpc) is 2.75. The Labute approximate surface area is 173 Å². The predicted octanol–water partition coefficient (Wildman–Crippen LogP) is 5.29. The SMILES string of the molecule is CC.NCCN(Cc1ncccn1)c1cc(-c2ccc(C(F)(F)F)cc2)ccc1F. The Bertz CT molecular complexity index is 913. The third-order valence-corrected chi connectivity index (χ3v) is 4.18. The Kier molecular flexibility index (Phi) is 8.29. The number of aromatic nitrogens is 2. The lowest BCUT2D eigenvalue weighted by Crippen LogP contribution is -2.30. The van der Waals surface area contributed by atoms with Crippen molar-refractivity contribution in [3.63, 3.8) is 0 Å². The fraction of sp³-hybridized carbons (Fsp3) is 0.273. The van der Waals surface area contributed by atoms with E-state index < -0.39 is 17.6 Å². The van der Waals surface area contributed by atoms with Crippen LogP contribution < -0.4 is 10.6 Å². The molecular formula is C22H24F4N4. The number of nitrogens with zero attached hydrogens (tertiary/aromatic N) is 3. The monoisotopic (exact) mass is 420 g/mol. The lowest BCUT2D eigenvalue weighted by atomic mass is 10.0. The molecular weight excluding hydrogens is 396 g/mol. The highest BCUT2D eigenvalue weighted by Gasteiger charge is 2.30. The molecule has 2 aromatic carbocycles. The van der Waals surface area contributed by atoms with Crippen LogP contribution in [0, 0.1) is 5.82 Å². The molecule has 0 aliphatic heterocycles. The van der Waals surface area contributed by atoms with Gasteiger partial charge in [0.15, 0.2) is 0 Å². The molecule has 4 nitrogen and oxygen atoms in total. The quantitative estimate of drug-likeness (QED) is 0.551. The van der Waals surface area contributed by atoms with Crippen molar-refractivity contribution in [2.75, 3.05) is 18.0 Å². The van der Waals surface area contributed by atoms with E-state index in [0.29, 0.717) is 23.5 Å². The van der Waals surface area contributed by atoms with E-state index in [9.17, 15) is 17.6 Å². The van der Waals surface area contributed by atoms with E-state index in [1.807, 2.05) is 13.8 Å². The highest BCUT2D eigenvalue weighted by Crippen LogP contribution is 2.32. The van der Waals surface area contributed by atoms with Crippen molar-refractivity contribution in [1.29, 1.82) is 0 Å². The second-order valence-electron chi connectivity index (χ2n) is 6.12. The average molecular weight is 420 g/mol. The van der Waals surface area contributed by atoms with Gasteiger partial charge in [-0.25, -0.2) is 14.4 Å². The molecule has 0 unspecified atom stereocenters. The Morgan fingerprint density at radius 1 is 0.933 bits per heavy atom. The van der Waals surface area contributed by atoms with Gasteiger partial charge in [-0.3, -0.25) is 0 Å². The van der Waals surface area contributed by atoms with Crippen LogP contribution in [0.25, 0.3) is 11.1 Å². The van der Waals surface area contributed by atoms with E-state index in [2.05, 4.69) is 9.97 Å². The molecule has 0 aliphatic rings. The van der Waals surface area contributed by atoms with Crippen LogP contribution in [0.4, 0.5) is 23.2 Å². The predicted molar refractivity (Wildman–Crippen MR) is 110 cm³/mol. The summed E-state index contributed by atoms with van der Waals surface area (Å²) in [7, 11) is 0. The molecule has 0 fully saturated rings. The van der Waals surface area contributed by atoms with Gasteiger partial charge in [-0.15, -0.1) is 0 Å². The number of hydrogen-bond donors (Lipinski definition) is 1. The van der Waals surface area contributed by atoms with E-state index in [1.54, 1.807) is 29.4 Å². The van der Waals surface area contributed by atoms with E-state index in [0.717, 1.165) is 12.1 Å². The maximum absolute atomic E-state index is 14.5. The fourth-order valence-electron chi connectivity index (χ4n) is 2.81. The van der Waals surface area contributed by atoms with Gasteiger partial charge in [-0.2, -0.15) is 13.2 Å². The normalized spacial score (nSPS) is 10.9. The third-order valence-electron chi connectivity index (χ3n) is 4.18. The Hall–Kier alpha value is -3.00. The standard InChI is InChI=1S/C20H18F4N4.C2H6/c21-17-7-4-15(14-2-5-16(6-3-14)20(22,23)24)12-18(17)28(11-8-25)13-19-26-9-1-10-27-19;1-2/h1-7,9-10,12H,8,11,13,25H2;1-2H3. The molecule has 160 valence electrons. The van der Waals surface area contributed by atoms with Crippen LogP contribution in [-0.4, -0.2) is 23.1 Å². The summed E-state index contributed by atoms with van der Waals surface area (Å²) in [5, 5.41) is 0. The minimum atomic E-state index is -4.40. The summed E-state index contributed by atoms with van der Waals surface area (Å²) in [4.78, 5) is 10.00. The summed E-state index contributed by atoms with van der Waals surface area (Å²) >= 11 is 0. The molecule has 0 aliphatic carbocycles. The van der Waals surface area contributed by atoms with Gasteiger partial charge in [-0.1, -0.05) is 32.0 Å². The van der Waals surface area contributed by atoms with Crippen molar-refractivity contribution < 1.29 is 17.6 Å². The first-order chi connectivity index (χ1) is 14.4. The van der Waals surface area contributed by atoms with Gasteiger partial charge in [0.05, 0.1) is 17.8 Å². The third kappa shape index (κ3) is 6.00. The first kappa shape index (κ1) is 23.3. The summed E-state index contributed by atoms with van der Waals surface area (Å²) in [5.74, 6) is 0.0512. The highest BCUT2D eigenvalue weighted by atomic mass is 19.4. The molecule has 0 saturated carbocycles. The van der Waals surface area contributed by atoms with Crippen molar-refractivity contribution in [2.24, 2.45) is 5.73 Å². The van der Waals surface area contributed by atoms with Crippen LogP contribution in [0.5, 0.6) is 0 Å². The van der Waals surface area contributed by atoms with Gasteiger partial charge in [0.1, 0.15) is 11.6 Å². The smallest absolute Gasteiger partial charge is 0.360 e. The zero-order valence-corrected chi connectivity index (χ0v) is 16.8. The molecule has 0 atom stereocenters. The van der Waals surface area contributed by atoms with E-state index in [1.165, 1.54) is 24.3 Å². The van der Waals surface area contributed by atoms with Crippen molar-refractivity contribution in [3.05, 3.63) is 78.1 Å². The maximum Gasteiger partial charge on any atom is 0.416 e. The number of alkyl halides is 3. The number of anilines is 1. The van der Waals surface area contributed by atoms with Crippen molar-refractivity contribution in [3.8, 4) is 11.1 Å². The largest absolute Gasteiger partial charge is 0.416 e. The van der Waals surface area contributed by atoms with Gasteiger partial charge >= 0.3 is 6.18 Å². The van der Waals surface area contributed by atoms with Crippen molar-refractivity contribution in [1.82, 2.24) is 9.97 Å². The Morgan fingerprint density at radius 3 is 2.10 bits per heavy atom. The lowest BCUT2D eigenvalue weighted by Gasteiger charge is -2.24. The van der Waals surface area contributed by atoms with Gasteiger partial charge in [0.25, 0.3) is 0 Å². The minimum Gasteiger partial charge on any atom is -0.360 e. The maximum atomic E-state index is 14.5. The van der Waals surface area contributed by atoms with Gasteiger partial charge in [0, 0.05) is 25.5 Å². The summed E-state index contributed by atoms with van der Waals surface area (Å²) in [6.07, 6.45) is -1.21. The van der Waals surface area contributed by atoms with Gasteiger partial charge < -0.3 is 10.6 Å². The minimum absolute atomic E-state index is 0.255. The topological polar surface area (TPSA) is 55.0 Å². The molecule has 1 heterocycles. The lowest BCUT2D eigenvalue weighted by molar-refractivity contribution is -0.137. The molecule has 30 heavy (non-hydrogen) atoms. The molecule has 3 rings (SSSR count). The molecule has 1 aromatic heterocycles. The number of nitrogens with two attached hydrogens (primary N) is 1. The molecule has 0 spiro atoms. The van der Waals surface area contributed by atoms with Crippen LogP contribution in [0.15, 0.2) is 60.9 Å². The van der Waals surface area contributed by atoms with Crippen molar-refractivity contribution in [2.45, 2.75) is 26.6 Å². The second-order valence-corrected chi connectivity index (χ2v) is 6.12. The van der Waals surface area contributed by atoms with Gasteiger partial charge in [0.2, 0.25) is 0 Å². The van der Waals surface area contributed by atoms with Crippen LogP contribution in [-0.2, 0) is 12.7 Å². The van der Waals surface area contributed by atoms with E-state index in [-0.39, 0.29) is 18.8 Å². The summed E-state index contributed by atoms with van der Waals surface area (Å²) in [6.45, 7) is 4.91. The first-order valence-electron chi connectivity index (χ1n) is 9.56. The molecule has 8 heteroatoms. The molecule has 3 aromatic rings. The number of rotatable bonds is 6. The Balaban J connectivity index is 0.00000155. The number of hydrogen-bond acceptors (Lipinski definition) is 4. The summed E-state index contributed by atoms with van der Waals surface area (Å²) < 4.78 is 52.8. The van der Waals surface area contributed by atoms with E-state index in [4.69, 9.17) is 5.73 Å². The molecule has 0 saturated heterocycles. The van der Waals surface area contributed by atoms with Crippen LogP contribution in [0.2, 0.25) is 0 Å². The van der Waals surface area contributed by atoms with Gasteiger partial charge in [-0.05, 0) is 41.5 Å². The molecule has 0 radical (unpaired) electrons. The van der Waals surface area contributed by atoms with Crippen LogP contribution in [0.3, 0.4) is 0 Å². The molecule has 0 amide bonds. The molecule has 0 bridgehead atoms. The second kappa shape index (κ2) is 10.7. The number of benzene rings is 2. The Morgan fingerprint density at radius 2 is 1.53 bits per heavy atom. The van der Waals surface area contributed by atoms with Crippen LogP contribution >= 0.6 is 0 Å².